The van der Waals surface area contributed by atoms with E-state index in [0.29, 0.717) is 5.02 Å². The van der Waals surface area contributed by atoms with Gasteiger partial charge in [-0.15, -0.1) is 0 Å². The van der Waals surface area contributed by atoms with Gasteiger partial charge in [-0.2, -0.15) is 0 Å². The molecule has 1 rings (SSSR count). The van der Waals surface area contributed by atoms with Gasteiger partial charge in [0.05, 0.1) is 0 Å². The molecule has 0 unspecified atom stereocenters. The molecule has 0 aliphatic carbocycles. The Balaban J connectivity index is 3.16. The Bertz CT molecular complexity index is 310. The number of rotatable bonds is 2. The summed E-state index contributed by atoms with van der Waals surface area (Å²) in [6, 6.07) is 4.52. The summed E-state index contributed by atoms with van der Waals surface area (Å²) in [5.41, 5.74) is 0.901. The van der Waals surface area contributed by atoms with E-state index in [2.05, 4.69) is 29.8 Å². The van der Waals surface area contributed by atoms with Gasteiger partial charge in [-0.05, 0) is 17.7 Å². The summed E-state index contributed by atoms with van der Waals surface area (Å²) >= 11 is 9.34. The summed E-state index contributed by atoms with van der Waals surface area (Å²) < 4.78 is 12.7. The van der Waals surface area contributed by atoms with Gasteiger partial charge in [0.1, 0.15) is 5.82 Å². The van der Waals surface area contributed by atoms with Crippen molar-refractivity contribution in [2.24, 2.45) is 0 Å². The van der Waals surface area contributed by atoms with Crippen molar-refractivity contribution in [1.29, 1.82) is 0 Å². The molecular formula is C10H11BrClF. The topological polar surface area (TPSA) is 0 Å². The van der Waals surface area contributed by atoms with Crippen molar-refractivity contribution in [1.82, 2.24) is 0 Å². The van der Waals surface area contributed by atoms with Gasteiger partial charge in [0.25, 0.3) is 0 Å². The molecule has 0 atom stereocenters. The lowest BCUT2D eigenvalue weighted by molar-refractivity contribution is 0.596. The molecule has 0 N–H and O–H groups in total. The fourth-order valence-corrected chi connectivity index (χ4v) is 1.84. The van der Waals surface area contributed by atoms with Crippen molar-refractivity contribution >= 4 is 27.5 Å². The van der Waals surface area contributed by atoms with Crippen LogP contribution >= 0.6 is 27.5 Å². The molecule has 0 aliphatic rings. The zero-order valence-electron chi connectivity index (χ0n) is 7.57. The Labute approximate surface area is 91.2 Å². The fourth-order valence-electron chi connectivity index (χ4n) is 1.11. The first-order valence-electron chi connectivity index (χ1n) is 3.99. The first kappa shape index (κ1) is 11.0. The van der Waals surface area contributed by atoms with E-state index in [1.165, 1.54) is 12.1 Å². The van der Waals surface area contributed by atoms with E-state index < -0.39 is 0 Å². The third kappa shape index (κ3) is 2.44. The molecule has 13 heavy (non-hydrogen) atoms. The molecule has 0 nitrogen and oxygen atoms in total. The van der Waals surface area contributed by atoms with E-state index in [9.17, 15) is 4.39 Å². The van der Waals surface area contributed by atoms with E-state index >= 15 is 0 Å². The van der Waals surface area contributed by atoms with Crippen LogP contribution in [0.25, 0.3) is 0 Å². The van der Waals surface area contributed by atoms with Gasteiger partial charge in [0, 0.05) is 15.8 Å². The Morgan fingerprint density at radius 2 is 2.08 bits per heavy atom. The zero-order chi connectivity index (χ0) is 10.1. The predicted octanol–water partition coefficient (Wildman–Crippen LogP) is 4.15. The minimum atomic E-state index is -0.292. The summed E-state index contributed by atoms with van der Waals surface area (Å²) in [5, 5.41) is 1.29. The molecule has 0 heterocycles. The predicted molar refractivity (Wildman–Crippen MR) is 58.2 cm³/mol. The SMILES string of the molecule is CC(C)(CBr)c1ccc(F)cc1Cl. The maximum atomic E-state index is 12.7. The molecule has 0 aliphatic heterocycles. The highest BCUT2D eigenvalue weighted by atomic mass is 79.9. The minimum absolute atomic E-state index is 0.0647. The van der Waals surface area contributed by atoms with E-state index in [1.54, 1.807) is 6.07 Å². The number of halogens is 3. The van der Waals surface area contributed by atoms with Crippen LogP contribution < -0.4 is 0 Å². The summed E-state index contributed by atoms with van der Waals surface area (Å²) in [5.74, 6) is -0.292. The molecule has 1 aromatic carbocycles. The molecule has 0 fully saturated rings. The Morgan fingerprint density at radius 1 is 1.46 bits per heavy atom. The van der Waals surface area contributed by atoms with Crippen LogP contribution in [0, 0.1) is 5.82 Å². The molecule has 3 heteroatoms. The molecule has 0 saturated heterocycles. The van der Waals surface area contributed by atoms with E-state index in [1.807, 2.05) is 0 Å². The lowest BCUT2D eigenvalue weighted by Gasteiger charge is -2.23. The van der Waals surface area contributed by atoms with Crippen LogP contribution in [0.5, 0.6) is 0 Å². The second-order valence-electron chi connectivity index (χ2n) is 3.64. The van der Waals surface area contributed by atoms with Crippen LogP contribution in [-0.2, 0) is 5.41 Å². The van der Waals surface area contributed by atoms with Crippen molar-refractivity contribution in [3.8, 4) is 0 Å². The summed E-state index contributed by atoms with van der Waals surface area (Å²) in [6.07, 6.45) is 0. The number of benzene rings is 1. The summed E-state index contributed by atoms with van der Waals surface area (Å²) in [6.45, 7) is 4.11. The highest BCUT2D eigenvalue weighted by molar-refractivity contribution is 9.09. The highest BCUT2D eigenvalue weighted by Crippen LogP contribution is 2.31. The van der Waals surface area contributed by atoms with Crippen LogP contribution in [0.15, 0.2) is 18.2 Å². The molecule has 1 aromatic rings. The third-order valence-electron chi connectivity index (χ3n) is 1.99. The summed E-state index contributed by atoms with van der Waals surface area (Å²) in [4.78, 5) is 0. The average Bonchev–Trinajstić information content (AvgIpc) is 2.03. The zero-order valence-corrected chi connectivity index (χ0v) is 9.91. The van der Waals surface area contributed by atoms with Crippen LogP contribution in [0.1, 0.15) is 19.4 Å². The molecular weight excluding hydrogens is 254 g/mol. The normalized spacial score (nSPS) is 11.8. The van der Waals surface area contributed by atoms with Crippen LogP contribution in [0.4, 0.5) is 4.39 Å². The maximum Gasteiger partial charge on any atom is 0.124 e. The molecule has 0 spiro atoms. The van der Waals surface area contributed by atoms with Crippen molar-refractivity contribution < 1.29 is 4.39 Å². The molecule has 0 bridgehead atoms. The highest BCUT2D eigenvalue weighted by Gasteiger charge is 2.21. The first-order valence-corrected chi connectivity index (χ1v) is 5.49. The van der Waals surface area contributed by atoms with Gasteiger partial charge in [0.2, 0.25) is 0 Å². The van der Waals surface area contributed by atoms with Crippen molar-refractivity contribution in [3.63, 3.8) is 0 Å². The van der Waals surface area contributed by atoms with Gasteiger partial charge in [-0.25, -0.2) is 4.39 Å². The number of hydrogen-bond acceptors (Lipinski definition) is 0. The van der Waals surface area contributed by atoms with Gasteiger partial charge >= 0.3 is 0 Å². The van der Waals surface area contributed by atoms with Crippen molar-refractivity contribution in [2.45, 2.75) is 19.3 Å². The largest absolute Gasteiger partial charge is 0.207 e. The Kier molecular flexibility index (Phi) is 3.36. The lowest BCUT2D eigenvalue weighted by atomic mass is 9.87. The molecule has 0 aromatic heterocycles. The first-order chi connectivity index (χ1) is 5.97. The number of alkyl halides is 1. The third-order valence-corrected chi connectivity index (χ3v) is 3.71. The van der Waals surface area contributed by atoms with Crippen LogP contribution in [0.3, 0.4) is 0 Å². The van der Waals surface area contributed by atoms with Gasteiger partial charge in [0.15, 0.2) is 0 Å². The fraction of sp³-hybridized carbons (Fsp3) is 0.400. The van der Waals surface area contributed by atoms with Crippen molar-refractivity contribution in [2.75, 3.05) is 5.33 Å². The van der Waals surface area contributed by atoms with Gasteiger partial charge in [-0.1, -0.05) is 47.4 Å². The average molecular weight is 266 g/mol. The monoisotopic (exact) mass is 264 g/mol. The Hall–Kier alpha value is -0.0800. The lowest BCUT2D eigenvalue weighted by Crippen LogP contribution is -2.19. The maximum absolute atomic E-state index is 12.7. The minimum Gasteiger partial charge on any atom is -0.207 e. The molecule has 72 valence electrons. The van der Waals surface area contributed by atoms with E-state index in [0.717, 1.165) is 10.9 Å². The second kappa shape index (κ2) is 3.97. The quantitative estimate of drug-likeness (QED) is 0.705. The molecule has 0 saturated carbocycles. The smallest absolute Gasteiger partial charge is 0.124 e. The molecule has 0 amide bonds. The van der Waals surface area contributed by atoms with Gasteiger partial charge < -0.3 is 0 Å². The Morgan fingerprint density at radius 3 is 2.54 bits per heavy atom. The standard InChI is InChI=1S/C10H11BrClF/c1-10(2,6-11)8-4-3-7(13)5-9(8)12/h3-5H,6H2,1-2H3. The van der Waals surface area contributed by atoms with E-state index in [-0.39, 0.29) is 11.2 Å². The molecule has 0 radical (unpaired) electrons. The van der Waals surface area contributed by atoms with Crippen molar-refractivity contribution in [3.05, 3.63) is 34.6 Å². The van der Waals surface area contributed by atoms with Crippen LogP contribution in [0.2, 0.25) is 5.02 Å². The van der Waals surface area contributed by atoms with Crippen LogP contribution in [-0.4, -0.2) is 5.33 Å². The summed E-state index contributed by atoms with van der Waals surface area (Å²) in [7, 11) is 0. The van der Waals surface area contributed by atoms with Gasteiger partial charge in [-0.3, -0.25) is 0 Å². The second-order valence-corrected chi connectivity index (χ2v) is 4.61. The number of hydrogen-bond donors (Lipinski definition) is 0. The van der Waals surface area contributed by atoms with E-state index in [4.69, 9.17) is 11.6 Å².